The van der Waals surface area contributed by atoms with E-state index >= 15 is 0 Å². The molecule has 0 aliphatic heterocycles. The molecular weight excluding hydrogens is 305 g/mol. The van der Waals surface area contributed by atoms with E-state index in [1.54, 1.807) is 11.4 Å². The molecule has 0 spiro atoms. The van der Waals surface area contributed by atoms with Crippen molar-refractivity contribution in [3.63, 3.8) is 0 Å². The number of esters is 1. The van der Waals surface area contributed by atoms with Gasteiger partial charge >= 0.3 is 5.97 Å². The van der Waals surface area contributed by atoms with Gasteiger partial charge in [-0.3, -0.25) is 5.32 Å². The Morgan fingerprint density at radius 2 is 2.40 bits per heavy atom. The summed E-state index contributed by atoms with van der Waals surface area (Å²) in [6.45, 7) is 0.320. The van der Waals surface area contributed by atoms with Crippen molar-refractivity contribution in [1.29, 1.82) is 0 Å². The van der Waals surface area contributed by atoms with Gasteiger partial charge in [0.2, 0.25) is 0 Å². The van der Waals surface area contributed by atoms with Gasteiger partial charge in [0.05, 0.1) is 17.8 Å². The number of rotatable bonds is 5. The van der Waals surface area contributed by atoms with Gasteiger partial charge in [0.15, 0.2) is 0 Å². The number of hydrogen-bond donors (Lipinski definition) is 1. The molecule has 0 aliphatic rings. The second-order valence-electron chi connectivity index (χ2n) is 3.91. The Hall–Kier alpha value is -1.57. The topological polar surface area (TPSA) is 64.1 Å². The maximum Gasteiger partial charge on any atom is 0.327 e. The lowest BCUT2D eigenvalue weighted by atomic mass is 10.1. The minimum atomic E-state index is -0.798. The van der Waals surface area contributed by atoms with E-state index < -0.39 is 17.8 Å². The van der Waals surface area contributed by atoms with Crippen molar-refractivity contribution >= 4 is 29.1 Å². The smallest absolute Gasteiger partial charge is 0.327 e. The van der Waals surface area contributed by atoms with E-state index in [0.29, 0.717) is 17.8 Å². The minimum Gasteiger partial charge on any atom is -0.468 e. The molecule has 1 atom stereocenters. The molecule has 1 aromatic carbocycles. The van der Waals surface area contributed by atoms with Crippen LogP contribution in [0.3, 0.4) is 0 Å². The first kappa shape index (κ1) is 14.8. The Morgan fingerprint density at radius 3 is 3.00 bits per heavy atom. The van der Waals surface area contributed by atoms with Crippen LogP contribution in [0.25, 0.3) is 0 Å². The molecule has 2 rings (SSSR count). The minimum absolute atomic E-state index is 0.000988. The van der Waals surface area contributed by atoms with Gasteiger partial charge in [-0.15, -0.1) is 5.10 Å². The number of benzene rings is 1. The molecule has 8 heteroatoms. The molecule has 20 heavy (non-hydrogen) atoms. The van der Waals surface area contributed by atoms with E-state index in [9.17, 15) is 9.18 Å². The van der Waals surface area contributed by atoms with Crippen molar-refractivity contribution in [2.45, 2.75) is 12.6 Å². The van der Waals surface area contributed by atoms with Crippen LogP contribution in [0.15, 0.2) is 23.6 Å². The van der Waals surface area contributed by atoms with E-state index in [0.717, 1.165) is 0 Å². The van der Waals surface area contributed by atoms with Crippen LogP contribution < -0.4 is 5.32 Å². The molecule has 0 bridgehead atoms. The standard InChI is InChI=1S/C12H11ClFN3O2S/c1-19-12(18)11(15-5-8-6-20-17-16-8)7-2-3-9(13)10(14)4-7/h2-4,6,11,15H,5H2,1H3/t11-/m0/s1. The molecule has 5 nitrogen and oxygen atoms in total. The third-order valence-electron chi connectivity index (χ3n) is 2.61. The molecule has 1 N–H and O–H groups in total. The highest BCUT2D eigenvalue weighted by atomic mass is 35.5. The highest BCUT2D eigenvalue weighted by Gasteiger charge is 2.22. The number of carbonyl (C=O) groups is 1. The van der Waals surface area contributed by atoms with Crippen LogP contribution in [0.4, 0.5) is 4.39 Å². The summed E-state index contributed by atoms with van der Waals surface area (Å²) >= 11 is 6.84. The first-order valence-corrected chi connectivity index (χ1v) is 6.85. The molecule has 0 fully saturated rings. The van der Waals surface area contributed by atoms with Crippen LogP contribution in [0.1, 0.15) is 17.3 Å². The number of carbonyl (C=O) groups excluding carboxylic acids is 1. The molecule has 0 unspecified atom stereocenters. The highest BCUT2D eigenvalue weighted by Crippen LogP contribution is 2.21. The SMILES string of the molecule is COC(=O)[C@@H](NCc1csnn1)c1ccc(Cl)c(F)c1. The van der Waals surface area contributed by atoms with Gasteiger partial charge in [-0.05, 0) is 29.2 Å². The Labute approximate surface area is 123 Å². The van der Waals surface area contributed by atoms with Gasteiger partial charge in [0.25, 0.3) is 0 Å². The van der Waals surface area contributed by atoms with Crippen molar-refractivity contribution in [3.8, 4) is 0 Å². The summed E-state index contributed by atoms with van der Waals surface area (Å²) < 4.78 is 21.9. The quantitative estimate of drug-likeness (QED) is 0.858. The van der Waals surface area contributed by atoms with Gasteiger partial charge < -0.3 is 4.74 Å². The van der Waals surface area contributed by atoms with E-state index in [1.165, 1.54) is 30.8 Å². The highest BCUT2D eigenvalue weighted by molar-refractivity contribution is 7.03. The Balaban J connectivity index is 2.18. The number of nitrogens with one attached hydrogen (secondary N) is 1. The van der Waals surface area contributed by atoms with Gasteiger partial charge in [0, 0.05) is 11.9 Å². The van der Waals surface area contributed by atoms with Crippen molar-refractivity contribution < 1.29 is 13.9 Å². The van der Waals surface area contributed by atoms with Crippen molar-refractivity contribution in [3.05, 3.63) is 45.7 Å². The zero-order chi connectivity index (χ0) is 14.5. The van der Waals surface area contributed by atoms with E-state index in [2.05, 4.69) is 14.9 Å². The van der Waals surface area contributed by atoms with Crippen molar-refractivity contribution in [2.24, 2.45) is 0 Å². The summed E-state index contributed by atoms with van der Waals surface area (Å²) in [6.07, 6.45) is 0. The lowest BCUT2D eigenvalue weighted by Crippen LogP contribution is -2.29. The maximum atomic E-state index is 13.5. The number of methoxy groups -OCH3 is 1. The lowest BCUT2D eigenvalue weighted by molar-refractivity contribution is -0.143. The predicted molar refractivity (Wildman–Crippen MR) is 72.9 cm³/mol. The fourth-order valence-electron chi connectivity index (χ4n) is 1.61. The maximum absolute atomic E-state index is 13.5. The average Bonchev–Trinajstić information content (AvgIpc) is 2.95. The Bertz CT molecular complexity index is 594. The van der Waals surface area contributed by atoms with Crippen molar-refractivity contribution in [1.82, 2.24) is 14.9 Å². The molecule has 1 aromatic heterocycles. The van der Waals surface area contributed by atoms with Gasteiger partial charge in [-0.1, -0.05) is 22.2 Å². The van der Waals surface area contributed by atoms with Crippen LogP contribution in [-0.4, -0.2) is 22.7 Å². The second-order valence-corrected chi connectivity index (χ2v) is 4.92. The van der Waals surface area contributed by atoms with Crippen LogP contribution in [-0.2, 0) is 16.1 Å². The zero-order valence-electron chi connectivity index (χ0n) is 10.5. The number of halogens is 2. The number of hydrogen-bond acceptors (Lipinski definition) is 6. The summed E-state index contributed by atoms with van der Waals surface area (Å²) in [5.74, 6) is -1.11. The van der Waals surface area contributed by atoms with E-state index in [-0.39, 0.29) is 5.02 Å². The third-order valence-corrected chi connectivity index (χ3v) is 3.47. The molecule has 2 aromatic rings. The molecule has 1 heterocycles. The van der Waals surface area contributed by atoms with Crippen LogP contribution in [0, 0.1) is 5.82 Å². The third kappa shape index (κ3) is 3.50. The first-order valence-electron chi connectivity index (χ1n) is 5.64. The van der Waals surface area contributed by atoms with E-state index in [1.807, 2.05) is 0 Å². The van der Waals surface area contributed by atoms with Gasteiger partial charge in [0.1, 0.15) is 11.9 Å². The Kier molecular flexibility index (Phi) is 4.99. The number of aromatic nitrogens is 2. The van der Waals surface area contributed by atoms with Crippen LogP contribution >= 0.6 is 23.1 Å². The average molecular weight is 316 g/mol. The number of ether oxygens (including phenoxy) is 1. The summed E-state index contributed by atoms with van der Waals surface area (Å²) in [6, 6.07) is 3.37. The molecule has 0 aliphatic carbocycles. The fraction of sp³-hybridized carbons (Fsp3) is 0.250. The molecule has 0 saturated heterocycles. The largest absolute Gasteiger partial charge is 0.468 e. The summed E-state index contributed by atoms with van der Waals surface area (Å²) in [5.41, 5.74) is 1.13. The van der Waals surface area contributed by atoms with Crippen molar-refractivity contribution in [2.75, 3.05) is 7.11 Å². The normalized spacial score (nSPS) is 12.2. The molecule has 106 valence electrons. The monoisotopic (exact) mass is 315 g/mol. The molecule has 0 radical (unpaired) electrons. The fourth-order valence-corrected chi connectivity index (χ4v) is 2.18. The summed E-state index contributed by atoms with van der Waals surface area (Å²) in [4.78, 5) is 11.8. The number of nitrogens with zero attached hydrogens (tertiary/aromatic N) is 2. The lowest BCUT2D eigenvalue weighted by Gasteiger charge is -2.16. The van der Waals surface area contributed by atoms with E-state index in [4.69, 9.17) is 16.3 Å². The molecule has 0 amide bonds. The second kappa shape index (κ2) is 6.74. The van der Waals surface area contributed by atoms with Gasteiger partial charge in [-0.2, -0.15) is 0 Å². The molecule has 0 saturated carbocycles. The Morgan fingerprint density at radius 1 is 1.60 bits per heavy atom. The van der Waals surface area contributed by atoms with Gasteiger partial charge in [-0.25, -0.2) is 9.18 Å². The van der Waals surface area contributed by atoms with Crippen LogP contribution in [0.2, 0.25) is 5.02 Å². The van der Waals surface area contributed by atoms with Crippen LogP contribution in [0.5, 0.6) is 0 Å². The molecular formula is C12H11ClFN3O2S. The summed E-state index contributed by atoms with van der Waals surface area (Å²) in [5, 5.41) is 8.57. The summed E-state index contributed by atoms with van der Waals surface area (Å²) in [7, 11) is 1.27. The predicted octanol–water partition coefficient (Wildman–Crippen LogP) is 2.33. The first-order chi connectivity index (χ1) is 9.61. The zero-order valence-corrected chi connectivity index (χ0v) is 12.0.